The zero-order valence-corrected chi connectivity index (χ0v) is 9.05. The molecule has 15 heavy (non-hydrogen) atoms. The van der Waals surface area contributed by atoms with Crippen molar-refractivity contribution in [1.82, 2.24) is 0 Å². The van der Waals surface area contributed by atoms with E-state index in [1.807, 2.05) is 0 Å². The zero-order valence-electron chi connectivity index (χ0n) is 9.05. The lowest BCUT2D eigenvalue weighted by Crippen LogP contribution is -2.49. The summed E-state index contributed by atoms with van der Waals surface area (Å²) in [7, 11) is 0. The third-order valence-electron chi connectivity index (χ3n) is 7.84. The predicted molar refractivity (Wildman–Crippen MR) is 56.7 cm³/mol. The quantitative estimate of drug-likeness (QED) is 0.634. The van der Waals surface area contributed by atoms with Crippen LogP contribution in [0.2, 0.25) is 0 Å². The third-order valence-corrected chi connectivity index (χ3v) is 7.84. The van der Waals surface area contributed by atoms with Gasteiger partial charge in [-0.15, -0.1) is 0 Å². The lowest BCUT2D eigenvalue weighted by Gasteiger charge is -2.47. The van der Waals surface area contributed by atoms with Gasteiger partial charge in [0, 0.05) is 6.04 Å². The minimum Gasteiger partial charge on any atom is -0.327 e. The van der Waals surface area contributed by atoms with Crippen LogP contribution >= 0.6 is 0 Å². The molecule has 0 heterocycles. The van der Waals surface area contributed by atoms with E-state index >= 15 is 0 Å². The molecule has 0 aromatic rings. The molecule has 1 heteroatoms. The van der Waals surface area contributed by atoms with Crippen LogP contribution in [0.4, 0.5) is 0 Å². The molecule has 0 amide bonds. The average Bonchev–Trinajstić information content (AvgIpc) is 2.74. The highest BCUT2D eigenvalue weighted by atomic mass is 14.9. The Bertz CT molecular complexity index is 378. The molecule has 7 saturated carbocycles. The zero-order chi connectivity index (χ0) is 9.47. The summed E-state index contributed by atoms with van der Waals surface area (Å²) in [5, 5.41) is 0. The SMILES string of the molecule is NC1C2CC3C(C2)C2C4CC5C2C5C4C13. The van der Waals surface area contributed by atoms with Gasteiger partial charge in [0.05, 0.1) is 0 Å². The Labute approximate surface area is 90.8 Å². The molecule has 80 valence electrons. The fraction of sp³-hybridized carbons (Fsp3) is 1.00. The van der Waals surface area contributed by atoms with Crippen LogP contribution in [0.15, 0.2) is 0 Å². The minimum atomic E-state index is 0.623. The molecule has 7 rings (SSSR count). The maximum atomic E-state index is 6.52. The molecule has 0 spiro atoms. The Balaban J connectivity index is 1.60. The van der Waals surface area contributed by atoms with Gasteiger partial charge in [-0.2, -0.15) is 0 Å². The predicted octanol–water partition coefficient (Wildman–Crippen LogP) is 1.73. The third kappa shape index (κ3) is 0.520. The van der Waals surface area contributed by atoms with E-state index in [0.29, 0.717) is 6.04 Å². The first kappa shape index (κ1) is 7.32. The Hall–Kier alpha value is -0.0400. The Kier molecular flexibility index (Phi) is 0.885. The number of nitrogens with two attached hydrogens (primary N) is 1. The topological polar surface area (TPSA) is 26.0 Å². The summed E-state index contributed by atoms with van der Waals surface area (Å²) in [6, 6.07) is 0.623. The molecule has 0 aromatic carbocycles. The van der Waals surface area contributed by atoms with Gasteiger partial charge < -0.3 is 5.73 Å². The highest BCUT2D eigenvalue weighted by Gasteiger charge is 2.81. The number of hydrogen-bond acceptors (Lipinski definition) is 1. The molecule has 0 aliphatic heterocycles. The first-order valence-corrected chi connectivity index (χ1v) is 7.12. The van der Waals surface area contributed by atoms with Crippen molar-refractivity contribution in [2.24, 2.45) is 64.9 Å². The van der Waals surface area contributed by atoms with Crippen LogP contribution in [-0.2, 0) is 0 Å². The molecule has 11 unspecified atom stereocenters. The molecule has 7 fully saturated rings. The molecule has 8 bridgehead atoms. The second kappa shape index (κ2) is 1.81. The number of fused-ring (bicyclic) bond motifs is 1. The molecule has 1 nitrogen and oxygen atoms in total. The molecule has 0 radical (unpaired) electrons. The normalized spacial score (nSPS) is 84.2. The Morgan fingerprint density at radius 3 is 2.00 bits per heavy atom. The highest BCUT2D eigenvalue weighted by molar-refractivity contribution is 5.29. The van der Waals surface area contributed by atoms with Crippen molar-refractivity contribution in [3.8, 4) is 0 Å². The smallest absolute Gasteiger partial charge is 0.0101 e. The Morgan fingerprint density at radius 2 is 1.20 bits per heavy atom. The van der Waals surface area contributed by atoms with Crippen molar-refractivity contribution >= 4 is 0 Å². The molecule has 2 N–H and O–H groups in total. The van der Waals surface area contributed by atoms with Crippen LogP contribution in [0.3, 0.4) is 0 Å². The molecular weight excluding hydrogens is 182 g/mol. The largest absolute Gasteiger partial charge is 0.327 e. The molecular formula is C14H19N. The number of rotatable bonds is 0. The van der Waals surface area contributed by atoms with E-state index in [0.717, 1.165) is 29.6 Å². The molecule has 0 aromatic heterocycles. The first-order chi connectivity index (χ1) is 7.36. The molecule has 11 atom stereocenters. The van der Waals surface area contributed by atoms with E-state index in [-0.39, 0.29) is 0 Å². The summed E-state index contributed by atoms with van der Waals surface area (Å²) in [6.45, 7) is 0. The van der Waals surface area contributed by atoms with Crippen LogP contribution in [0.5, 0.6) is 0 Å². The second-order valence-corrected chi connectivity index (χ2v) is 7.59. The van der Waals surface area contributed by atoms with Gasteiger partial charge in [0.2, 0.25) is 0 Å². The highest BCUT2D eigenvalue weighted by Crippen LogP contribution is 2.84. The lowest BCUT2D eigenvalue weighted by atomic mass is 9.59. The minimum absolute atomic E-state index is 0.623. The van der Waals surface area contributed by atoms with E-state index < -0.39 is 0 Å². The van der Waals surface area contributed by atoms with Gasteiger partial charge in [-0.25, -0.2) is 0 Å². The first-order valence-electron chi connectivity index (χ1n) is 7.12. The standard InChI is InChI=1S/C14H19N/c15-14-4-1-5-6(2-4)13(14)12-7-3-8-10(9(5)7)11(8)12/h4-14H,1-3,15H2. The lowest BCUT2D eigenvalue weighted by molar-refractivity contribution is 0.0232. The summed E-state index contributed by atoms with van der Waals surface area (Å²) in [5.41, 5.74) is 6.52. The number of hydrogen-bond donors (Lipinski definition) is 1. The van der Waals surface area contributed by atoms with Gasteiger partial charge >= 0.3 is 0 Å². The van der Waals surface area contributed by atoms with Crippen molar-refractivity contribution in [3.05, 3.63) is 0 Å². The van der Waals surface area contributed by atoms with E-state index in [1.165, 1.54) is 42.4 Å². The van der Waals surface area contributed by atoms with E-state index in [2.05, 4.69) is 0 Å². The van der Waals surface area contributed by atoms with Crippen LogP contribution in [0.1, 0.15) is 19.3 Å². The van der Waals surface area contributed by atoms with Crippen molar-refractivity contribution in [1.29, 1.82) is 0 Å². The maximum absolute atomic E-state index is 6.52. The van der Waals surface area contributed by atoms with Crippen molar-refractivity contribution < 1.29 is 0 Å². The van der Waals surface area contributed by atoms with E-state index in [9.17, 15) is 0 Å². The van der Waals surface area contributed by atoms with Gasteiger partial charge in [0.15, 0.2) is 0 Å². The van der Waals surface area contributed by atoms with E-state index in [1.54, 1.807) is 6.42 Å². The average molecular weight is 201 g/mol. The van der Waals surface area contributed by atoms with Gasteiger partial charge in [-0.1, -0.05) is 0 Å². The summed E-state index contributed by atoms with van der Waals surface area (Å²) in [4.78, 5) is 0. The summed E-state index contributed by atoms with van der Waals surface area (Å²) >= 11 is 0. The molecule has 7 aliphatic carbocycles. The van der Waals surface area contributed by atoms with Crippen molar-refractivity contribution in [2.45, 2.75) is 25.3 Å². The van der Waals surface area contributed by atoms with Gasteiger partial charge in [0.25, 0.3) is 0 Å². The summed E-state index contributed by atoms with van der Waals surface area (Å²) in [6.07, 6.45) is 4.69. The Morgan fingerprint density at radius 1 is 0.600 bits per heavy atom. The van der Waals surface area contributed by atoms with Crippen LogP contribution in [-0.4, -0.2) is 6.04 Å². The maximum Gasteiger partial charge on any atom is 0.0101 e. The van der Waals surface area contributed by atoms with Crippen molar-refractivity contribution in [2.75, 3.05) is 0 Å². The second-order valence-electron chi connectivity index (χ2n) is 7.59. The van der Waals surface area contributed by atoms with Crippen LogP contribution in [0, 0.1) is 59.2 Å². The molecule has 7 aliphatic rings. The van der Waals surface area contributed by atoms with Gasteiger partial charge in [0.1, 0.15) is 0 Å². The summed E-state index contributed by atoms with van der Waals surface area (Å²) < 4.78 is 0. The van der Waals surface area contributed by atoms with Crippen LogP contribution < -0.4 is 5.73 Å². The monoisotopic (exact) mass is 201 g/mol. The summed E-state index contributed by atoms with van der Waals surface area (Å²) in [5.74, 6) is 11.3. The fourth-order valence-corrected chi connectivity index (χ4v) is 7.91. The van der Waals surface area contributed by atoms with E-state index in [4.69, 9.17) is 5.73 Å². The van der Waals surface area contributed by atoms with Crippen molar-refractivity contribution in [3.63, 3.8) is 0 Å². The molecule has 0 saturated heterocycles. The fourth-order valence-electron chi connectivity index (χ4n) is 7.91. The van der Waals surface area contributed by atoms with Gasteiger partial charge in [-0.3, -0.25) is 0 Å². The van der Waals surface area contributed by atoms with Gasteiger partial charge in [-0.05, 0) is 78.4 Å². The van der Waals surface area contributed by atoms with Crippen LogP contribution in [0.25, 0.3) is 0 Å².